The van der Waals surface area contributed by atoms with E-state index in [1.807, 2.05) is 24.6 Å². The van der Waals surface area contributed by atoms with E-state index in [1.54, 1.807) is 0 Å². The molecule has 0 N–H and O–H groups in total. The zero-order valence-electron chi connectivity index (χ0n) is 10.3. The van der Waals surface area contributed by atoms with Crippen LogP contribution in [0.5, 0.6) is 0 Å². The Morgan fingerprint density at radius 2 is 2.00 bits per heavy atom. The van der Waals surface area contributed by atoms with Gasteiger partial charge in [0.25, 0.3) is 0 Å². The van der Waals surface area contributed by atoms with E-state index in [-0.39, 0.29) is 0 Å². The van der Waals surface area contributed by atoms with Gasteiger partial charge in [0.15, 0.2) is 5.82 Å². The van der Waals surface area contributed by atoms with Crippen molar-refractivity contribution in [3.05, 3.63) is 35.0 Å². The van der Waals surface area contributed by atoms with Gasteiger partial charge in [-0.3, -0.25) is 4.90 Å². The fourth-order valence-electron chi connectivity index (χ4n) is 2.24. The lowest BCUT2D eigenvalue weighted by atomic mass is 10.3. The molecule has 0 aliphatic carbocycles. The lowest BCUT2D eigenvalue weighted by Crippen LogP contribution is -2.10. The van der Waals surface area contributed by atoms with Crippen LogP contribution in [0.2, 0.25) is 0 Å². The predicted molar refractivity (Wildman–Crippen MR) is 63.8 cm³/mol. The smallest absolute Gasteiger partial charge is 0.157 e. The second-order valence-electron chi connectivity index (χ2n) is 4.63. The molecule has 0 unspecified atom stereocenters. The summed E-state index contributed by atoms with van der Waals surface area (Å²) in [4.78, 5) is 10.9. The Morgan fingerprint density at radius 3 is 2.71 bits per heavy atom. The molecule has 17 heavy (non-hydrogen) atoms. The van der Waals surface area contributed by atoms with E-state index in [0.717, 1.165) is 36.1 Å². The quantitative estimate of drug-likeness (QED) is 0.737. The first kappa shape index (κ1) is 10.4. The molecule has 2 aromatic heterocycles. The van der Waals surface area contributed by atoms with Crippen LogP contribution in [0, 0.1) is 13.8 Å². The summed E-state index contributed by atoms with van der Waals surface area (Å²) in [6.07, 6.45) is 2.07. The van der Waals surface area contributed by atoms with Crippen LogP contribution in [0.15, 0.2) is 12.3 Å². The third-order valence-corrected chi connectivity index (χ3v) is 2.92. The van der Waals surface area contributed by atoms with Gasteiger partial charge in [0.2, 0.25) is 0 Å². The molecule has 1 aliphatic rings. The minimum Gasteiger partial charge on any atom is -0.296 e. The normalized spacial score (nSPS) is 15.2. The van der Waals surface area contributed by atoms with E-state index in [2.05, 4.69) is 33.2 Å². The number of rotatable bonds is 1. The molecule has 3 rings (SSSR count). The predicted octanol–water partition coefficient (Wildman–Crippen LogP) is 1.22. The van der Waals surface area contributed by atoms with Crippen LogP contribution in [0.25, 0.3) is 5.82 Å². The van der Waals surface area contributed by atoms with Gasteiger partial charge in [0.1, 0.15) is 5.82 Å². The van der Waals surface area contributed by atoms with Crippen LogP contribution >= 0.6 is 0 Å². The lowest BCUT2D eigenvalue weighted by molar-refractivity contribution is 0.347. The number of aromatic nitrogens is 4. The van der Waals surface area contributed by atoms with E-state index in [4.69, 9.17) is 0 Å². The maximum atomic E-state index is 4.58. The van der Waals surface area contributed by atoms with Crippen molar-refractivity contribution in [3.8, 4) is 5.82 Å². The first-order valence-corrected chi connectivity index (χ1v) is 5.70. The summed E-state index contributed by atoms with van der Waals surface area (Å²) < 4.78 is 1.86. The zero-order chi connectivity index (χ0) is 12.0. The average molecular weight is 229 g/mol. The number of hydrogen-bond acceptors (Lipinski definition) is 4. The molecule has 0 saturated heterocycles. The number of nitrogens with zero attached hydrogens (tertiary/aromatic N) is 5. The van der Waals surface area contributed by atoms with Crippen molar-refractivity contribution < 1.29 is 0 Å². The Morgan fingerprint density at radius 1 is 1.18 bits per heavy atom. The molecule has 3 heterocycles. The SMILES string of the molecule is Cc1cc(-n2cc3c(n2)CN(C)C3)nc(C)n1. The van der Waals surface area contributed by atoms with Crippen LogP contribution in [0.1, 0.15) is 22.8 Å². The Labute approximate surface area is 100 Å². The topological polar surface area (TPSA) is 46.8 Å². The third kappa shape index (κ3) is 1.82. The van der Waals surface area contributed by atoms with Gasteiger partial charge in [-0.05, 0) is 20.9 Å². The Kier molecular flexibility index (Phi) is 2.22. The van der Waals surface area contributed by atoms with E-state index < -0.39 is 0 Å². The molecule has 0 spiro atoms. The maximum Gasteiger partial charge on any atom is 0.157 e. The summed E-state index contributed by atoms with van der Waals surface area (Å²) in [5.74, 6) is 1.64. The molecule has 0 fully saturated rings. The monoisotopic (exact) mass is 229 g/mol. The molecule has 0 amide bonds. The maximum absolute atomic E-state index is 4.58. The summed E-state index contributed by atoms with van der Waals surface area (Å²) >= 11 is 0. The standard InChI is InChI=1S/C12H15N5/c1-8-4-12(14-9(2)13-8)17-6-10-5-16(3)7-11(10)15-17/h4,6H,5,7H2,1-3H3. The second-order valence-corrected chi connectivity index (χ2v) is 4.63. The molecule has 1 aliphatic heterocycles. The summed E-state index contributed by atoms with van der Waals surface area (Å²) in [6.45, 7) is 5.77. The molecule has 0 radical (unpaired) electrons. The second kappa shape index (κ2) is 3.63. The van der Waals surface area contributed by atoms with Gasteiger partial charge in [0.05, 0.1) is 5.69 Å². The Hall–Kier alpha value is -1.75. The van der Waals surface area contributed by atoms with Crippen LogP contribution in [-0.4, -0.2) is 31.7 Å². The highest BCUT2D eigenvalue weighted by Gasteiger charge is 2.20. The summed E-state index contributed by atoms with van der Waals surface area (Å²) in [5, 5.41) is 4.58. The third-order valence-electron chi connectivity index (χ3n) is 2.92. The molecular weight excluding hydrogens is 214 g/mol. The minimum absolute atomic E-state index is 0.785. The summed E-state index contributed by atoms with van der Waals surface area (Å²) in [6, 6.07) is 1.96. The highest BCUT2D eigenvalue weighted by molar-refractivity contribution is 5.29. The molecule has 88 valence electrons. The fourth-order valence-corrected chi connectivity index (χ4v) is 2.24. The van der Waals surface area contributed by atoms with Crippen LogP contribution in [-0.2, 0) is 13.1 Å². The van der Waals surface area contributed by atoms with Crippen molar-refractivity contribution in [2.45, 2.75) is 26.9 Å². The largest absolute Gasteiger partial charge is 0.296 e. The van der Waals surface area contributed by atoms with Gasteiger partial charge >= 0.3 is 0 Å². The first-order chi connectivity index (χ1) is 8.11. The molecule has 5 heteroatoms. The van der Waals surface area contributed by atoms with Crippen molar-refractivity contribution in [2.24, 2.45) is 0 Å². The van der Waals surface area contributed by atoms with Crippen LogP contribution < -0.4 is 0 Å². The molecule has 5 nitrogen and oxygen atoms in total. The minimum atomic E-state index is 0.785. The number of fused-ring (bicyclic) bond motifs is 1. The van der Waals surface area contributed by atoms with Crippen LogP contribution in [0.3, 0.4) is 0 Å². The van der Waals surface area contributed by atoms with Crippen LogP contribution in [0.4, 0.5) is 0 Å². The number of aryl methyl sites for hydroxylation is 2. The van der Waals surface area contributed by atoms with Gasteiger partial charge in [-0.1, -0.05) is 0 Å². The summed E-state index contributed by atoms with van der Waals surface area (Å²) in [5.41, 5.74) is 3.42. The van der Waals surface area contributed by atoms with Gasteiger partial charge < -0.3 is 0 Å². The van der Waals surface area contributed by atoms with Gasteiger partial charge in [-0.25, -0.2) is 14.6 Å². The molecule has 0 aromatic carbocycles. The lowest BCUT2D eigenvalue weighted by Gasteiger charge is -2.06. The zero-order valence-corrected chi connectivity index (χ0v) is 10.3. The Bertz CT molecular complexity index is 529. The van der Waals surface area contributed by atoms with E-state index in [1.165, 1.54) is 5.56 Å². The van der Waals surface area contributed by atoms with Crippen molar-refractivity contribution in [3.63, 3.8) is 0 Å². The van der Waals surface area contributed by atoms with Crippen molar-refractivity contribution >= 4 is 0 Å². The molecule has 0 atom stereocenters. The van der Waals surface area contributed by atoms with E-state index in [9.17, 15) is 0 Å². The average Bonchev–Trinajstić information content (AvgIpc) is 2.72. The summed E-state index contributed by atoms with van der Waals surface area (Å²) in [7, 11) is 2.10. The van der Waals surface area contributed by atoms with E-state index in [0.29, 0.717) is 0 Å². The molecule has 0 bridgehead atoms. The molecular formula is C12H15N5. The van der Waals surface area contributed by atoms with Crippen molar-refractivity contribution in [1.29, 1.82) is 0 Å². The molecule has 2 aromatic rings. The Balaban J connectivity index is 2.02. The highest BCUT2D eigenvalue weighted by atomic mass is 15.3. The first-order valence-electron chi connectivity index (χ1n) is 5.70. The van der Waals surface area contributed by atoms with Gasteiger partial charge in [-0.15, -0.1) is 0 Å². The van der Waals surface area contributed by atoms with E-state index >= 15 is 0 Å². The van der Waals surface area contributed by atoms with Crippen molar-refractivity contribution in [2.75, 3.05) is 7.05 Å². The van der Waals surface area contributed by atoms with Gasteiger partial charge in [0, 0.05) is 36.6 Å². The van der Waals surface area contributed by atoms with Crippen molar-refractivity contribution in [1.82, 2.24) is 24.6 Å². The van der Waals surface area contributed by atoms with Gasteiger partial charge in [-0.2, -0.15) is 5.10 Å². The number of hydrogen-bond donors (Lipinski definition) is 0. The molecule has 0 saturated carbocycles. The highest BCUT2D eigenvalue weighted by Crippen LogP contribution is 2.20. The fraction of sp³-hybridized carbons (Fsp3) is 0.417.